The van der Waals surface area contributed by atoms with E-state index in [-0.39, 0.29) is 6.04 Å². The number of pyridine rings is 1. The van der Waals surface area contributed by atoms with Gasteiger partial charge in [0.1, 0.15) is 6.33 Å². The molecule has 0 radical (unpaired) electrons. The van der Waals surface area contributed by atoms with Crippen molar-refractivity contribution < 1.29 is 18.0 Å². The number of rotatable bonds is 2. The number of amides is 2. The summed E-state index contributed by atoms with van der Waals surface area (Å²) in [5.41, 5.74) is 1.05. The second-order valence-electron chi connectivity index (χ2n) is 7.60. The van der Waals surface area contributed by atoms with Gasteiger partial charge in [-0.2, -0.15) is 13.2 Å². The number of carbonyl (C=O) groups excluding carboxylic acids is 1. The molecule has 1 aliphatic rings. The number of nitrogens with zero attached hydrogens (tertiary/aromatic N) is 5. The highest BCUT2D eigenvalue weighted by Crippen LogP contribution is 2.36. The van der Waals surface area contributed by atoms with Crippen LogP contribution >= 0.6 is 0 Å². The molecule has 166 valence electrons. The van der Waals surface area contributed by atoms with Crippen LogP contribution in [0.15, 0.2) is 55.1 Å². The third-order valence-corrected chi connectivity index (χ3v) is 5.33. The Kier molecular flexibility index (Phi) is 5.68. The van der Waals surface area contributed by atoms with Gasteiger partial charge in [0, 0.05) is 25.2 Å². The fourth-order valence-electron chi connectivity index (χ4n) is 3.61. The van der Waals surface area contributed by atoms with E-state index in [1.165, 1.54) is 29.7 Å². The number of nitrogens with one attached hydrogen (secondary N) is 1. The standard InChI is InChI=1S/C22H21F3N6O/c1-14-8-9-30(2)19-7-6-18(15-4-3-5-16(10-15)22(23,24)25)29-20(19)31(14)21(32)28-17-11-26-13-27-12-17/h3-7,10-14H,8-9H2,1-2H3,(H,28,32)/t14-/m1/s1. The molecule has 0 unspecified atom stereocenters. The number of hydrogen-bond donors (Lipinski definition) is 1. The fourth-order valence-corrected chi connectivity index (χ4v) is 3.61. The van der Waals surface area contributed by atoms with Crippen LogP contribution in [0.4, 0.5) is 35.2 Å². The van der Waals surface area contributed by atoms with Crippen LogP contribution in [0, 0.1) is 0 Å². The fraction of sp³-hybridized carbons (Fsp3) is 0.273. The Hall–Kier alpha value is -3.69. The number of fused-ring (bicyclic) bond motifs is 1. The van der Waals surface area contributed by atoms with Crippen LogP contribution in [-0.2, 0) is 6.18 Å². The lowest BCUT2D eigenvalue weighted by molar-refractivity contribution is -0.137. The molecule has 0 bridgehead atoms. The predicted molar refractivity (Wildman–Crippen MR) is 116 cm³/mol. The molecule has 2 amide bonds. The van der Waals surface area contributed by atoms with E-state index in [1.54, 1.807) is 18.2 Å². The Morgan fingerprint density at radius 3 is 2.62 bits per heavy atom. The summed E-state index contributed by atoms with van der Waals surface area (Å²) < 4.78 is 39.6. The zero-order valence-electron chi connectivity index (χ0n) is 17.5. The highest BCUT2D eigenvalue weighted by atomic mass is 19.4. The maximum absolute atomic E-state index is 13.2. The van der Waals surface area contributed by atoms with E-state index in [0.717, 1.165) is 12.1 Å². The molecule has 2 aromatic heterocycles. The molecule has 4 rings (SSSR count). The molecule has 32 heavy (non-hydrogen) atoms. The van der Waals surface area contributed by atoms with Crippen LogP contribution < -0.4 is 15.1 Å². The molecular weight excluding hydrogens is 421 g/mol. The molecular formula is C22H21F3N6O. The number of benzene rings is 1. The molecule has 1 atom stereocenters. The van der Waals surface area contributed by atoms with Crippen molar-refractivity contribution in [3.05, 3.63) is 60.7 Å². The van der Waals surface area contributed by atoms with Crippen molar-refractivity contribution in [3.8, 4) is 11.3 Å². The summed E-state index contributed by atoms with van der Waals surface area (Å²) in [6, 6.07) is 7.82. The van der Waals surface area contributed by atoms with E-state index in [1.807, 2.05) is 18.9 Å². The molecule has 7 nitrogen and oxygen atoms in total. The average Bonchev–Trinajstić information content (AvgIpc) is 2.89. The number of anilines is 3. The molecule has 1 N–H and O–H groups in total. The smallest absolute Gasteiger partial charge is 0.372 e. The molecule has 1 aromatic carbocycles. The van der Waals surface area contributed by atoms with Crippen LogP contribution in [0.2, 0.25) is 0 Å². The second-order valence-corrected chi connectivity index (χ2v) is 7.60. The molecule has 0 spiro atoms. The number of alkyl halides is 3. The van der Waals surface area contributed by atoms with Gasteiger partial charge in [0.25, 0.3) is 0 Å². The minimum absolute atomic E-state index is 0.201. The van der Waals surface area contributed by atoms with Gasteiger partial charge >= 0.3 is 12.2 Å². The van der Waals surface area contributed by atoms with Crippen LogP contribution in [0.1, 0.15) is 18.9 Å². The van der Waals surface area contributed by atoms with E-state index in [4.69, 9.17) is 0 Å². The van der Waals surface area contributed by atoms with Gasteiger partial charge in [0.2, 0.25) is 0 Å². The van der Waals surface area contributed by atoms with Gasteiger partial charge in [-0.15, -0.1) is 0 Å². The van der Waals surface area contributed by atoms with E-state index in [9.17, 15) is 18.0 Å². The highest BCUT2D eigenvalue weighted by Gasteiger charge is 2.32. The van der Waals surface area contributed by atoms with Gasteiger partial charge in [0.05, 0.1) is 35.0 Å². The Balaban J connectivity index is 1.77. The van der Waals surface area contributed by atoms with Crippen molar-refractivity contribution in [2.24, 2.45) is 0 Å². The third kappa shape index (κ3) is 4.34. The van der Waals surface area contributed by atoms with Crippen molar-refractivity contribution in [3.63, 3.8) is 0 Å². The van der Waals surface area contributed by atoms with Gasteiger partial charge < -0.3 is 10.2 Å². The Morgan fingerprint density at radius 2 is 1.91 bits per heavy atom. The quantitative estimate of drug-likeness (QED) is 0.616. The van der Waals surface area contributed by atoms with Gasteiger partial charge in [0.15, 0.2) is 5.82 Å². The average molecular weight is 442 g/mol. The second kappa shape index (κ2) is 8.45. The summed E-state index contributed by atoms with van der Waals surface area (Å²) >= 11 is 0. The number of hydrogen-bond acceptors (Lipinski definition) is 5. The molecule has 3 aromatic rings. The van der Waals surface area contributed by atoms with Crippen molar-refractivity contribution in [2.75, 3.05) is 28.7 Å². The SMILES string of the molecule is C[C@@H]1CCN(C)c2ccc(-c3cccc(C(F)(F)F)c3)nc2N1C(=O)Nc1cncnc1. The lowest BCUT2D eigenvalue weighted by Crippen LogP contribution is -2.42. The highest BCUT2D eigenvalue weighted by molar-refractivity contribution is 6.03. The van der Waals surface area contributed by atoms with Gasteiger partial charge in [-0.1, -0.05) is 12.1 Å². The number of urea groups is 1. The maximum Gasteiger partial charge on any atom is 0.416 e. The summed E-state index contributed by atoms with van der Waals surface area (Å²) in [7, 11) is 1.89. The Morgan fingerprint density at radius 1 is 1.16 bits per heavy atom. The van der Waals surface area contributed by atoms with Crippen LogP contribution in [0.5, 0.6) is 0 Å². The maximum atomic E-state index is 13.2. The van der Waals surface area contributed by atoms with Gasteiger partial charge in [-0.25, -0.2) is 19.7 Å². The van der Waals surface area contributed by atoms with E-state index < -0.39 is 17.8 Å². The van der Waals surface area contributed by atoms with E-state index in [0.29, 0.717) is 41.4 Å². The van der Waals surface area contributed by atoms with Gasteiger partial charge in [-0.3, -0.25) is 4.90 Å². The zero-order chi connectivity index (χ0) is 22.9. The van der Waals surface area contributed by atoms with Crippen molar-refractivity contribution >= 4 is 23.2 Å². The molecule has 0 saturated carbocycles. The van der Waals surface area contributed by atoms with Crippen LogP contribution in [0.3, 0.4) is 0 Å². The third-order valence-electron chi connectivity index (χ3n) is 5.33. The first-order valence-corrected chi connectivity index (χ1v) is 9.99. The normalized spacial score (nSPS) is 16.3. The van der Waals surface area contributed by atoms with Crippen LogP contribution in [-0.4, -0.2) is 40.6 Å². The van der Waals surface area contributed by atoms with E-state index >= 15 is 0 Å². The predicted octanol–water partition coefficient (Wildman–Crippen LogP) is 4.82. The van der Waals surface area contributed by atoms with Crippen LogP contribution in [0.25, 0.3) is 11.3 Å². The Bertz CT molecular complexity index is 1120. The van der Waals surface area contributed by atoms with Crippen molar-refractivity contribution in [2.45, 2.75) is 25.6 Å². The molecule has 0 aliphatic carbocycles. The van der Waals surface area contributed by atoms with Crippen molar-refractivity contribution in [1.82, 2.24) is 15.0 Å². The lowest BCUT2D eigenvalue weighted by Gasteiger charge is -2.28. The largest absolute Gasteiger partial charge is 0.416 e. The number of halogens is 3. The zero-order valence-corrected chi connectivity index (χ0v) is 17.5. The summed E-state index contributed by atoms with van der Waals surface area (Å²) in [6.07, 6.45) is 0.543. The van der Waals surface area contributed by atoms with Gasteiger partial charge in [-0.05, 0) is 37.6 Å². The Labute approximate surface area is 182 Å². The summed E-state index contributed by atoms with van der Waals surface area (Å²) in [5.74, 6) is 0.377. The monoisotopic (exact) mass is 442 g/mol. The summed E-state index contributed by atoms with van der Waals surface area (Å²) in [5, 5.41) is 2.77. The summed E-state index contributed by atoms with van der Waals surface area (Å²) in [4.78, 5) is 29.1. The molecule has 1 aliphatic heterocycles. The topological polar surface area (TPSA) is 74.2 Å². The molecule has 3 heterocycles. The molecule has 0 saturated heterocycles. The minimum atomic E-state index is -4.46. The number of carbonyl (C=O) groups is 1. The first-order valence-electron chi connectivity index (χ1n) is 9.99. The first kappa shape index (κ1) is 21.5. The molecule has 0 fully saturated rings. The van der Waals surface area contributed by atoms with E-state index in [2.05, 4.69) is 20.3 Å². The lowest BCUT2D eigenvalue weighted by atomic mass is 10.1. The first-order chi connectivity index (χ1) is 15.2. The summed E-state index contributed by atoms with van der Waals surface area (Å²) in [6.45, 7) is 2.60. The number of aromatic nitrogens is 3. The minimum Gasteiger partial charge on any atom is -0.372 e. The molecule has 10 heteroatoms. The van der Waals surface area contributed by atoms with Crippen molar-refractivity contribution in [1.29, 1.82) is 0 Å².